The van der Waals surface area contributed by atoms with E-state index in [1.165, 1.54) is 45.3 Å². The van der Waals surface area contributed by atoms with E-state index in [9.17, 15) is 0 Å². The SMILES string of the molecule is CC1CCCN(CCNC2CC2)C1C. The van der Waals surface area contributed by atoms with E-state index in [0.29, 0.717) is 0 Å². The number of piperidine rings is 1. The Morgan fingerprint density at radius 3 is 2.71 bits per heavy atom. The van der Waals surface area contributed by atoms with Gasteiger partial charge in [0.2, 0.25) is 0 Å². The molecular formula is C12H24N2. The van der Waals surface area contributed by atoms with Crippen LogP contribution in [0.2, 0.25) is 0 Å². The standard InChI is InChI=1S/C12H24N2/c1-10-4-3-8-14(11(10)2)9-7-13-12-5-6-12/h10-13H,3-9H2,1-2H3. The second-order valence-electron chi connectivity index (χ2n) is 5.12. The Kier molecular flexibility index (Phi) is 3.45. The second kappa shape index (κ2) is 4.63. The summed E-state index contributed by atoms with van der Waals surface area (Å²) in [6, 6.07) is 1.66. The van der Waals surface area contributed by atoms with Gasteiger partial charge in [0.25, 0.3) is 0 Å². The van der Waals surface area contributed by atoms with Crippen molar-refractivity contribution < 1.29 is 0 Å². The Hall–Kier alpha value is -0.0800. The lowest BCUT2D eigenvalue weighted by Gasteiger charge is -2.37. The summed E-state index contributed by atoms with van der Waals surface area (Å²) in [5, 5.41) is 3.60. The summed E-state index contributed by atoms with van der Waals surface area (Å²) >= 11 is 0. The van der Waals surface area contributed by atoms with E-state index < -0.39 is 0 Å². The molecule has 2 heteroatoms. The number of nitrogens with one attached hydrogen (secondary N) is 1. The third kappa shape index (κ3) is 2.71. The molecule has 14 heavy (non-hydrogen) atoms. The highest BCUT2D eigenvalue weighted by Crippen LogP contribution is 2.22. The van der Waals surface area contributed by atoms with Crippen molar-refractivity contribution in [2.45, 2.75) is 51.6 Å². The van der Waals surface area contributed by atoms with Gasteiger partial charge in [-0.1, -0.05) is 6.92 Å². The molecule has 82 valence electrons. The largest absolute Gasteiger partial charge is 0.313 e. The minimum Gasteiger partial charge on any atom is -0.313 e. The Morgan fingerprint density at radius 2 is 2.00 bits per heavy atom. The average Bonchev–Trinajstić information content (AvgIpc) is 2.96. The summed E-state index contributed by atoms with van der Waals surface area (Å²) in [6.07, 6.45) is 5.64. The molecule has 1 aliphatic heterocycles. The van der Waals surface area contributed by atoms with E-state index in [4.69, 9.17) is 0 Å². The van der Waals surface area contributed by atoms with Gasteiger partial charge in [-0.05, 0) is 45.1 Å². The Bertz CT molecular complexity index is 177. The minimum absolute atomic E-state index is 0.796. The fraction of sp³-hybridized carbons (Fsp3) is 1.00. The van der Waals surface area contributed by atoms with E-state index in [1.54, 1.807) is 0 Å². The third-order valence-corrected chi connectivity index (χ3v) is 3.91. The third-order valence-electron chi connectivity index (χ3n) is 3.91. The smallest absolute Gasteiger partial charge is 0.0110 e. The Balaban J connectivity index is 1.66. The van der Waals surface area contributed by atoms with E-state index >= 15 is 0 Å². The topological polar surface area (TPSA) is 15.3 Å². The van der Waals surface area contributed by atoms with Crippen molar-refractivity contribution in [1.29, 1.82) is 0 Å². The van der Waals surface area contributed by atoms with Crippen molar-refractivity contribution in [1.82, 2.24) is 10.2 Å². The van der Waals surface area contributed by atoms with Gasteiger partial charge in [0, 0.05) is 25.2 Å². The molecule has 0 bridgehead atoms. The highest BCUT2D eigenvalue weighted by Gasteiger charge is 2.25. The first-order valence-corrected chi connectivity index (χ1v) is 6.25. The molecule has 2 atom stereocenters. The first-order valence-electron chi connectivity index (χ1n) is 6.25. The summed E-state index contributed by atoms with van der Waals surface area (Å²) in [4.78, 5) is 2.66. The molecule has 2 nitrogen and oxygen atoms in total. The van der Waals surface area contributed by atoms with Crippen molar-refractivity contribution in [3.63, 3.8) is 0 Å². The predicted molar refractivity (Wildman–Crippen MR) is 60.5 cm³/mol. The average molecular weight is 196 g/mol. The molecule has 0 aromatic rings. The van der Waals surface area contributed by atoms with Crippen molar-refractivity contribution in [3.8, 4) is 0 Å². The molecule has 0 radical (unpaired) electrons. The van der Waals surface area contributed by atoms with E-state index in [2.05, 4.69) is 24.1 Å². The molecule has 2 unspecified atom stereocenters. The van der Waals surface area contributed by atoms with E-state index in [-0.39, 0.29) is 0 Å². The van der Waals surface area contributed by atoms with Gasteiger partial charge in [-0.3, -0.25) is 4.90 Å². The van der Waals surface area contributed by atoms with Gasteiger partial charge in [0.15, 0.2) is 0 Å². The van der Waals surface area contributed by atoms with Crippen LogP contribution in [0.1, 0.15) is 39.5 Å². The number of likely N-dealkylation sites (tertiary alicyclic amines) is 1. The van der Waals surface area contributed by atoms with Crippen LogP contribution in [0.4, 0.5) is 0 Å². The zero-order chi connectivity index (χ0) is 9.97. The zero-order valence-electron chi connectivity index (χ0n) is 9.63. The molecule has 1 saturated heterocycles. The first-order chi connectivity index (χ1) is 6.77. The zero-order valence-corrected chi connectivity index (χ0v) is 9.63. The molecule has 1 aliphatic carbocycles. The van der Waals surface area contributed by atoms with E-state index in [1.807, 2.05) is 0 Å². The minimum atomic E-state index is 0.796. The van der Waals surface area contributed by atoms with Crippen LogP contribution in [-0.4, -0.2) is 36.6 Å². The van der Waals surface area contributed by atoms with Crippen LogP contribution in [0.15, 0.2) is 0 Å². The van der Waals surface area contributed by atoms with Crippen LogP contribution in [0.3, 0.4) is 0 Å². The van der Waals surface area contributed by atoms with Crippen molar-refractivity contribution in [3.05, 3.63) is 0 Å². The molecule has 0 spiro atoms. The van der Waals surface area contributed by atoms with Crippen molar-refractivity contribution in [2.75, 3.05) is 19.6 Å². The van der Waals surface area contributed by atoms with E-state index in [0.717, 1.165) is 18.0 Å². The molecule has 0 aromatic carbocycles. The van der Waals surface area contributed by atoms with Gasteiger partial charge in [0.05, 0.1) is 0 Å². The normalized spacial score (nSPS) is 34.7. The van der Waals surface area contributed by atoms with Crippen molar-refractivity contribution in [2.24, 2.45) is 5.92 Å². The van der Waals surface area contributed by atoms with Crippen LogP contribution in [0.5, 0.6) is 0 Å². The van der Waals surface area contributed by atoms with Crippen LogP contribution in [0.25, 0.3) is 0 Å². The van der Waals surface area contributed by atoms with Crippen LogP contribution >= 0.6 is 0 Å². The molecule has 2 rings (SSSR count). The molecule has 0 aromatic heterocycles. The summed E-state index contributed by atoms with van der Waals surface area (Å²) in [5.74, 6) is 0.893. The maximum atomic E-state index is 3.60. The van der Waals surface area contributed by atoms with Crippen molar-refractivity contribution >= 4 is 0 Å². The summed E-state index contributed by atoms with van der Waals surface area (Å²) < 4.78 is 0. The molecule has 0 amide bonds. The quantitative estimate of drug-likeness (QED) is 0.738. The summed E-state index contributed by atoms with van der Waals surface area (Å²) in [6.45, 7) is 8.55. The lowest BCUT2D eigenvalue weighted by molar-refractivity contribution is 0.115. The van der Waals surface area contributed by atoms with Gasteiger partial charge in [-0.2, -0.15) is 0 Å². The molecule has 2 fully saturated rings. The maximum absolute atomic E-state index is 3.60. The molecule has 2 aliphatic rings. The molecule has 1 heterocycles. The van der Waals surface area contributed by atoms with Gasteiger partial charge < -0.3 is 5.32 Å². The lowest BCUT2D eigenvalue weighted by Crippen LogP contribution is -2.45. The fourth-order valence-corrected chi connectivity index (χ4v) is 2.44. The molecular weight excluding hydrogens is 172 g/mol. The van der Waals surface area contributed by atoms with Gasteiger partial charge in [-0.15, -0.1) is 0 Å². The van der Waals surface area contributed by atoms with Crippen LogP contribution < -0.4 is 5.32 Å². The maximum Gasteiger partial charge on any atom is 0.0110 e. The molecule has 1 N–H and O–H groups in total. The number of hydrogen-bond donors (Lipinski definition) is 1. The Morgan fingerprint density at radius 1 is 1.21 bits per heavy atom. The van der Waals surface area contributed by atoms with Crippen LogP contribution in [0, 0.1) is 5.92 Å². The monoisotopic (exact) mass is 196 g/mol. The van der Waals surface area contributed by atoms with Gasteiger partial charge >= 0.3 is 0 Å². The number of rotatable bonds is 4. The Labute approximate surface area is 88.1 Å². The fourth-order valence-electron chi connectivity index (χ4n) is 2.44. The summed E-state index contributed by atoms with van der Waals surface area (Å²) in [5.41, 5.74) is 0. The lowest BCUT2D eigenvalue weighted by atomic mass is 9.92. The predicted octanol–water partition coefficient (Wildman–Crippen LogP) is 1.86. The number of hydrogen-bond acceptors (Lipinski definition) is 2. The van der Waals surface area contributed by atoms with Crippen LogP contribution in [-0.2, 0) is 0 Å². The first kappa shape index (κ1) is 10.4. The van der Waals surface area contributed by atoms with Gasteiger partial charge in [-0.25, -0.2) is 0 Å². The number of nitrogens with zero attached hydrogens (tertiary/aromatic N) is 1. The molecule has 1 saturated carbocycles. The van der Waals surface area contributed by atoms with Gasteiger partial charge in [0.1, 0.15) is 0 Å². The summed E-state index contributed by atoms with van der Waals surface area (Å²) in [7, 11) is 0. The highest BCUT2D eigenvalue weighted by molar-refractivity contribution is 4.83. The highest BCUT2D eigenvalue weighted by atomic mass is 15.2. The second-order valence-corrected chi connectivity index (χ2v) is 5.12.